The van der Waals surface area contributed by atoms with Gasteiger partial charge in [-0.25, -0.2) is 9.97 Å². The molecule has 1 aromatic carbocycles. The van der Waals surface area contributed by atoms with Crippen molar-refractivity contribution >= 4 is 17.3 Å². The van der Waals surface area contributed by atoms with Crippen LogP contribution in [0, 0.1) is 6.92 Å². The maximum absolute atomic E-state index is 5.32. The van der Waals surface area contributed by atoms with E-state index in [0.29, 0.717) is 29.7 Å². The third kappa shape index (κ3) is 4.99. The van der Waals surface area contributed by atoms with Crippen molar-refractivity contribution in [1.82, 2.24) is 9.97 Å². The summed E-state index contributed by atoms with van der Waals surface area (Å²) < 4.78 is 15.6. The fourth-order valence-electron chi connectivity index (χ4n) is 2.22. The summed E-state index contributed by atoms with van der Waals surface area (Å²) in [6.45, 7) is 3.37. The zero-order valence-electron chi connectivity index (χ0n) is 14.5. The first kappa shape index (κ1) is 17.8. The van der Waals surface area contributed by atoms with Crippen LogP contribution in [0.5, 0.6) is 11.5 Å². The first-order chi connectivity index (χ1) is 11.7. The molecule has 130 valence electrons. The van der Waals surface area contributed by atoms with E-state index in [1.807, 2.05) is 31.2 Å². The quantitative estimate of drug-likeness (QED) is 0.684. The van der Waals surface area contributed by atoms with Crippen LogP contribution in [0.25, 0.3) is 0 Å². The van der Waals surface area contributed by atoms with Crippen LogP contribution in [0.1, 0.15) is 12.2 Å². The second-order valence-corrected chi connectivity index (χ2v) is 5.15. The Bertz CT molecular complexity index is 664. The number of rotatable bonds is 9. The van der Waals surface area contributed by atoms with Crippen molar-refractivity contribution in [2.45, 2.75) is 13.3 Å². The average Bonchev–Trinajstić information content (AvgIpc) is 2.58. The molecule has 2 aromatic rings. The Hall–Kier alpha value is -2.54. The lowest BCUT2D eigenvalue weighted by Gasteiger charge is -2.12. The molecule has 2 rings (SSSR count). The summed E-state index contributed by atoms with van der Waals surface area (Å²) >= 11 is 0. The number of hydrogen-bond acceptors (Lipinski definition) is 7. The maximum Gasteiger partial charge on any atom is 0.162 e. The number of aryl methyl sites for hydroxylation is 1. The van der Waals surface area contributed by atoms with E-state index < -0.39 is 0 Å². The second-order valence-electron chi connectivity index (χ2n) is 5.15. The highest BCUT2D eigenvalue weighted by Gasteiger charge is 2.07. The molecule has 1 heterocycles. The zero-order valence-corrected chi connectivity index (χ0v) is 14.5. The number of methoxy groups -OCH3 is 3. The van der Waals surface area contributed by atoms with Crippen LogP contribution >= 0.6 is 0 Å². The van der Waals surface area contributed by atoms with Gasteiger partial charge in [0.15, 0.2) is 11.5 Å². The highest BCUT2D eigenvalue weighted by atomic mass is 16.5. The van der Waals surface area contributed by atoms with E-state index in [2.05, 4.69) is 20.6 Å². The molecule has 0 radical (unpaired) electrons. The minimum Gasteiger partial charge on any atom is -0.493 e. The van der Waals surface area contributed by atoms with Gasteiger partial charge in [0.2, 0.25) is 0 Å². The highest BCUT2D eigenvalue weighted by Crippen LogP contribution is 2.31. The van der Waals surface area contributed by atoms with Crippen LogP contribution in [0.4, 0.5) is 17.3 Å². The Labute approximate surface area is 142 Å². The van der Waals surface area contributed by atoms with Crippen molar-refractivity contribution < 1.29 is 14.2 Å². The maximum atomic E-state index is 5.32. The Balaban J connectivity index is 2.10. The molecule has 24 heavy (non-hydrogen) atoms. The van der Waals surface area contributed by atoms with E-state index in [0.717, 1.165) is 24.5 Å². The number of nitrogens with zero attached hydrogens (tertiary/aromatic N) is 2. The van der Waals surface area contributed by atoms with Crippen LogP contribution in [0.15, 0.2) is 24.3 Å². The number of hydrogen-bond donors (Lipinski definition) is 2. The summed E-state index contributed by atoms with van der Waals surface area (Å²) in [6, 6.07) is 7.49. The Kier molecular flexibility index (Phi) is 6.62. The molecule has 0 unspecified atom stereocenters. The van der Waals surface area contributed by atoms with E-state index >= 15 is 0 Å². The topological polar surface area (TPSA) is 77.5 Å². The van der Waals surface area contributed by atoms with Crippen LogP contribution in [0.2, 0.25) is 0 Å². The van der Waals surface area contributed by atoms with E-state index in [4.69, 9.17) is 14.2 Å². The van der Waals surface area contributed by atoms with Crippen molar-refractivity contribution in [3.8, 4) is 11.5 Å². The predicted octanol–water partition coefficient (Wildman–Crippen LogP) is 2.99. The molecule has 1 aromatic heterocycles. The predicted molar refractivity (Wildman–Crippen MR) is 94.6 cm³/mol. The van der Waals surface area contributed by atoms with Crippen LogP contribution in [-0.4, -0.2) is 44.4 Å². The van der Waals surface area contributed by atoms with Crippen molar-refractivity contribution in [1.29, 1.82) is 0 Å². The lowest BCUT2D eigenvalue weighted by atomic mass is 10.2. The third-order valence-electron chi connectivity index (χ3n) is 3.33. The molecular formula is C17H24N4O3. The lowest BCUT2D eigenvalue weighted by molar-refractivity contribution is 0.198. The van der Waals surface area contributed by atoms with Gasteiger partial charge in [-0.3, -0.25) is 0 Å². The number of anilines is 3. The van der Waals surface area contributed by atoms with Gasteiger partial charge in [-0.05, 0) is 25.5 Å². The van der Waals surface area contributed by atoms with E-state index in [1.165, 1.54) is 0 Å². The van der Waals surface area contributed by atoms with Crippen molar-refractivity contribution in [3.63, 3.8) is 0 Å². The summed E-state index contributed by atoms with van der Waals surface area (Å²) in [5, 5.41) is 6.53. The number of benzene rings is 1. The van der Waals surface area contributed by atoms with Gasteiger partial charge in [0.05, 0.1) is 14.2 Å². The third-order valence-corrected chi connectivity index (χ3v) is 3.33. The van der Waals surface area contributed by atoms with Gasteiger partial charge in [-0.1, -0.05) is 0 Å². The smallest absolute Gasteiger partial charge is 0.162 e. The molecule has 7 nitrogen and oxygen atoms in total. The summed E-state index contributed by atoms with van der Waals surface area (Å²) in [5.41, 5.74) is 0.857. The molecule has 2 N–H and O–H groups in total. The Morgan fingerprint density at radius 1 is 0.958 bits per heavy atom. The van der Waals surface area contributed by atoms with Gasteiger partial charge in [0.25, 0.3) is 0 Å². The Morgan fingerprint density at radius 3 is 2.42 bits per heavy atom. The fourth-order valence-corrected chi connectivity index (χ4v) is 2.22. The molecule has 0 spiro atoms. The van der Waals surface area contributed by atoms with Crippen LogP contribution in [0.3, 0.4) is 0 Å². The van der Waals surface area contributed by atoms with E-state index in [9.17, 15) is 0 Å². The average molecular weight is 332 g/mol. The molecule has 0 amide bonds. The minimum absolute atomic E-state index is 0.659. The molecule has 0 atom stereocenters. The van der Waals surface area contributed by atoms with E-state index in [1.54, 1.807) is 21.3 Å². The van der Waals surface area contributed by atoms with Crippen molar-refractivity contribution in [2.24, 2.45) is 0 Å². The molecule has 0 saturated heterocycles. The van der Waals surface area contributed by atoms with Gasteiger partial charge >= 0.3 is 0 Å². The molecule has 0 saturated carbocycles. The number of aromatic nitrogens is 2. The standard InChI is InChI=1S/C17H24N4O3/c1-12-19-16(18-8-5-9-22-2)11-17(20-12)21-13-6-7-14(23-3)15(10-13)24-4/h6-7,10-11H,5,8-9H2,1-4H3,(H2,18,19,20,21). The Morgan fingerprint density at radius 2 is 1.71 bits per heavy atom. The molecule has 0 bridgehead atoms. The summed E-state index contributed by atoms with van der Waals surface area (Å²) in [4.78, 5) is 8.80. The molecule has 0 aliphatic rings. The van der Waals surface area contributed by atoms with Crippen LogP contribution < -0.4 is 20.1 Å². The fraction of sp³-hybridized carbons (Fsp3) is 0.412. The van der Waals surface area contributed by atoms with Crippen LogP contribution in [-0.2, 0) is 4.74 Å². The van der Waals surface area contributed by atoms with Gasteiger partial charge in [0, 0.05) is 38.1 Å². The molecule has 0 fully saturated rings. The number of ether oxygens (including phenoxy) is 3. The monoisotopic (exact) mass is 332 g/mol. The first-order valence-electron chi connectivity index (χ1n) is 7.74. The van der Waals surface area contributed by atoms with E-state index in [-0.39, 0.29) is 0 Å². The normalized spacial score (nSPS) is 10.3. The van der Waals surface area contributed by atoms with Gasteiger partial charge in [-0.15, -0.1) is 0 Å². The largest absolute Gasteiger partial charge is 0.493 e. The lowest BCUT2D eigenvalue weighted by Crippen LogP contribution is -2.08. The summed E-state index contributed by atoms with van der Waals surface area (Å²) in [6.07, 6.45) is 0.915. The van der Waals surface area contributed by atoms with Crippen molar-refractivity contribution in [3.05, 3.63) is 30.1 Å². The van der Waals surface area contributed by atoms with Gasteiger partial charge < -0.3 is 24.8 Å². The molecule has 0 aliphatic carbocycles. The summed E-state index contributed by atoms with van der Waals surface area (Å²) in [7, 11) is 4.92. The molecule has 7 heteroatoms. The molecular weight excluding hydrogens is 308 g/mol. The second kappa shape index (κ2) is 8.93. The van der Waals surface area contributed by atoms with Gasteiger partial charge in [0.1, 0.15) is 17.5 Å². The number of nitrogens with one attached hydrogen (secondary N) is 2. The zero-order chi connectivity index (χ0) is 17.4. The van der Waals surface area contributed by atoms with Crippen molar-refractivity contribution in [2.75, 3.05) is 45.1 Å². The minimum atomic E-state index is 0.659. The molecule has 0 aliphatic heterocycles. The summed E-state index contributed by atoms with van der Waals surface area (Å²) in [5.74, 6) is 3.52. The first-order valence-corrected chi connectivity index (χ1v) is 7.74. The highest BCUT2D eigenvalue weighted by molar-refractivity contribution is 5.63. The van der Waals surface area contributed by atoms with Gasteiger partial charge in [-0.2, -0.15) is 0 Å². The SMILES string of the molecule is COCCCNc1cc(Nc2ccc(OC)c(OC)c2)nc(C)n1.